The van der Waals surface area contributed by atoms with Gasteiger partial charge >= 0.3 is 0 Å². The maximum absolute atomic E-state index is 12.3. The quantitative estimate of drug-likeness (QED) is 0.574. The third-order valence-electron chi connectivity index (χ3n) is 6.61. The molecule has 0 aliphatic carbocycles. The summed E-state index contributed by atoms with van der Waals surface area (Å²) in [4.78, 5) is 17.2. The van der Waals surface area contributed by atoms with Crippen molar-refractivity contribution in [1.82, 2.24) is 15.1 Å². The van der Waals surface area contributed by atoms with E-state index in [1.54, 1.807) is 12.4 Å². The van der Waals surface area contributed by atoms with Crippen molar-refractivity contribution in [2.24, 2.45) is 5.73 Å². The zero-order valence-corrected chi connectivity index (χ0v) is 18.9. The molecule has 0 unspecified atom stereocenters. The molecule has 4 heterocycles. The van der Waals surface area contributed by atoms with Crippen LogP contribution in [0.25, 0.3) is 22.5 Å². The Hall–Kier alpha value is -3.10. The summed E-state index contributed by atoms with van der Waals surface area (Å²) in [5.74, 6) is 0.194. The molecular formula is C25H31N5O3. The molecule has 2 aliphatic heterocycles. The number of hydrogen-bond donors (Lipinski definition) is 2. The molecule has 0 radical (unpaired) electrons. The number of rotatable bonds is 7. The predicted molar refractivity (Wildman–Crippen MR) is 127 cm³/mol. The first-order valence-corrected chi connectivity index (χ1v) is 11.8. The second-order valence-corrected chi connectivity index (χ2v) is 8.81. The highest BCUT2D eigenvalue weighted by molar-refractivity contribution is 6.00. The smallest absolute Gasteiger partial charge is 0.285 e. The average molecular weight is 450 g/mol. The molecule has 1 aromatic carbocycles. The first-order valence-electron chi connectivity index (χ1n) is 11.8. The first-order chi connectivity index (χ1) is 16.2. The van der Waals surface area contributed by atoms with Crippen molar-refractivity contribution in [3.8, 4) is 22.5 Å². The fourth-order valence-corrected chi connectivity index (χ4v) is 4.77. The molecule has 0 spiro atoms. The number of nitrogens with zero attached hydrogens (tertiary/aromatic N) is 3. The number of aromatic nitrogens is 2. The highest BCUT2D eigenvalue weighted by Crippen LogP contribution is 2.39. The number of carbonyl (C=O) groups is 1. The van der Waals surface area contributed by atoms with E-state index in [2.05, 4.69) is 38.2 Å². The van der Waals surface area contributed by atoms with Gasteiger partial charge in [-0.1, -0.05) is 12.1 Å². The lowest BCUT2D eigenvalue weighted by molar-refractivity contribution is 0.0384. The number of primary amides is 1. The van der Waals surface area contributed by atoms with Crippen molar-refractivity contribution in [1.29, 1.82) is 0 Å². The first kappa shape index (κ1) is 21.7. The van der Waals surface area contributed by atoms with Gasteiger partial charge in [-0.15, -0.1) is 0 Å². The van der Waals surface area contributed by atoms with E-state index in [0.717, 1.165) is 74.7 Å². The molecule has 0 saturated carbocycles. The van der Waals surface area contributed by atoms with Crippen LogP contribution in [0.4, 0.5) is 5.69 Å². The number of amides is 1. The summed E-state index contributed by atoms with van der Waals surface area (Å²) in [6.45, 7) is 6.65. The largest absolute Gasteiger partial charge is 0.450 e. The molecule has 0 bridgehead atoms. The second kappa shape index (κ2) is 9.80. The molecule has 8 heteroatoms. The third-order valence-corrected chi connectivity index (χ3v) is 6.61. The summed E-state index contributed by atoms with van der Waals surface area (Å²) >= 11 is 0. The molecule has 2 saturated heterocycles. The number of anilines is 1. The van der Waals surface area contributed by atoms with Crippen molar-refractivity contribution in [2.45, 2.75) is 25.7 Å². The summed E-state index contributed by atoms with van der Waals surface area (Å²) in [6, 6.07) is 8.48. The van der Waals surface area contributed by atoms with E-state index in [9.17, 15) is 4.79 Å². The molecule has 3 N–H and O–H groups in total. The van der Waals surface area contributed by atoms with Gasteiger partial charge in [0.15, 0.2) is 5.76 Å². The van der Waals surface area contributed by atoms with Gasteiger partial charge in [0.05, 0.1) is 25.0 Å². The number of nitrogens with two attached hydrogens (primary N) is 1. The van der Waals surface area contributed by atoms with E-state index < -0.39 is 5.91 Å². The van der Waals surface area contributed by atoms with Gasteiger partial charge in [-0.2, -0.15) is 5.10 Å². The van der Waals surface area contributed by atoms with Gasteiger partial charge < -0.3 is 19.8 Å². The van der Waals surface area contributed by atoms with Gasteiger partial charge in [0.1, 0.15) is 5.76 Å². The number of aromatic amines is 1. The lowest BCUT2D eigenvalue weighted by Gasteiger charge is -2.31. The molecule has 3 aromatic rings. The molecule has 33 heavy (non-hydrogen) atoms. The number of piperidine rings is 1. The molecule has 8 nitrogen and oxygen atoms in total. The van der Waals surface area contributed by atoms with Crippen LogP contribution in [0.3, 0.4) is 0 Å². The van der Waals surface area contributed by atoms with E-state index in [0.29, 0.717) is 5.76 Å². The molecule has 0 atom stereocenters. The zero-order valence-electron chi connectivity index (χ0n) is 18.9. The Bertz CT molecular complexity index is 1080. The van der Waals surface area contributed by atoms with Gasteiger partial charge in [0.25, 0.3) is 5.91 Å². The number of furan rings is 1. The second-order valence-electron chi connectivity index (χ2n) is 8.81. The number of carbonyl (C=O) groups excluding carboxylic acids is 1. The SMILES string of the molecule is NC(=O)c1oc(-c2cn[nH]c2)cc1-c1ccc(CCN2CCOCC2)cc1N1CCCCC1. The van der Waals surface area contributed by atoms with E-state index in [1.807, 2.05) is 6.07 Å². The monoisotopic (exact) mass is 449 g/mol. The Kier molecular flexibility index (Phi) is 6.46. The Morgan fingerprint density at radius 3 is 2.61 bits per heavy atom. The number of nitrogens with one attached hydrogen (secondary N) is 1. The third kappa shape index (κ3) is 4.82. The van der Waals surface area contributed by atoms with Gasteiger partial charge in [-0.05, 0) is 43.4 Å². The molecule has 5 rings (SSSR count). The molecular weight excluding hydrogens is 418 g/mol. The number of hydrogen-bond acceptors (Lipinski definition) is 6. The van der Waals surface area contributed by atoms with E-state index in [1.165, 1.54) is 24.8 Å². The molecule has 2 fully saturated rings. The fraction of sp³-hybridized carbons (Fsp3) is 0.440. The van der Waals surface area contributed by atoms with Crippen LogP contribution in [0, 0.1) is 0 Å². The standard InChI is InChI=1S/C25H31N5O3/c26-25(31)24-21(15-23(33-24)19-16-27-28-17-19)20-5-4-18(6-9-29-10-12-32-13-11-29)14-22(20)30-7-2-1-3-8-30/h4-5,14-17H,1-3,6-13H2,(H2,26,31)(H,27,28). The average Bonchev–Trinajstić information content (AvgIpc) is 3.54. The fourth-order valence-electron chi connectivity index (χ4n) is 4.77. The van der Waals surface area contributed by atoms with Crippen molar-refractivity contribution < 1.29 is 13.9 Å². The Labute approximate surface area is 193 Å². The number of morpholine rings is 1. The van der Waals surface area contributed by atoms with Crippen LogP contribution in [-0.2, 0) is 11.2 Å². The zero-order chi connectivity index (χ0) is 22.6. The van der Waals surface area contributed by atoms with E-state index in [-0.39, 0.29) is 5.76 Å². The highest BCUT2D eigenvalue weighted by Gasteiger charge is 2.24. The predicted octanol–water partition coefficient (Wildman–Crippen LogP) is 3.30. The highest BCUT2D eigenvalue weighted by atomic mass is 16.5. The van der Waals surface area contributed by atoms with Crippen molar-refractivity contribution >= 4 is 11.6 Å². The molecule has 1 amide bonds. The summed E-state index contributed by atoms with van der Waals surface area (Å²) in [7, 11) is 0. The number of ether oxygens (including phenoxy) is 1. The summed E-state index contributed by atoms with van der Waals surface area (Å²) < 4.78 is 11.4. The van der Waals surface area contributed by atoms with Crippen LogP contribution in [0.5, 0.6) is 0 Å². The minimum atomic E-state index is -0.569. The maximum atomic E-state index is 12.3. The van der Waals surface area contributed by atoms with Crippen LogP contribution in [0.1, 0.15) is 35.4 Å². The number of benzene rings is 1. The van der Waals surface area contributed by atoms with Crippen LogP contribution < -0.4 is 10.6 Å². The lowest BCUT2D eigenvalue weighted by atomic mass is 9.97. The molecule has 2 aromatic heterocycles. The molecule has 174 valence electrons. The van der Waals surface area contributed by atoms with Crippen LogP contribution in [0.2, 0.25) is 0 Å². The minimum absolute atomic E-state index is 0.186. The van der Waals surface area contributed by atoms with Gasteiger partial charge in [0.2, 0.25) is 0 Å². The van der Waals surface area contributed by atoms with Crippen LogP contribution in [0.15, 0.2) is 41.1 Å². The van der Waals surface area contributed by atoms with E-state index >= 15 is 0 Å². The molecule has 2 aliphatic rings. The minimum Gasteiger partial charge on any atom is -0.450 e. The summed E-state index contributed by atoms with van der Waals surface area (Å²) in [5.41, 5.74) is 10.7. The summed E-state index contributed by atoms with van der Waals surface area (Å²) in [6.07, 6.45) is 8.00. The topological polar surface area (TPSA) is 101 Å². The maximum Gasteiger partial charge on any atom is 0.285 e. The van der Waals surface area contributed by atoms with Crippen molar-refractivity contribution in [3.63, 3.8) is 0 Å². The van der Waals surface area contributed by atoms with Gasteiger partial charge in [0, 0.05) is 55.7 Å². The number of H-pyrrole nitrogens is 1. The van der Waals surface area contributed by atoms with E-state index in [4.69, 9.17) is 14.9 Å². The Balaban J connectivity index is 1.50. The van der Waals surface area contributed by atoms with Crippen LogP contribution >= 0.6 is 0 Å². The summed E-state index contributed by atoms with van der Waals surface area (Å²) in [5, 5.41) is 6.79. The Morgan fingerprint density at radius 1 is 1.06 bits per heavy atom. The van der Waals surface area contributed by atoms with Crippen molar-refractivity contribution in [2.75, 3.05) is 50.8 Å². The normalized spacial score (nSPS) is 17.4. The van der Waals surface area contributed by atoms with Gasteiger partial charge in [-0.25, -0.2) is 0 Å². The van der Waals surface area contributed by atoms with Crippen molar-refractivity contribution in [3.05, 3.63) is 48.0 Å². The van der Waals surface area contributed by atoms with Crippen LogP contribution in [-0.4, -0.2) is 66.9 Å². The Morgan fingerprint density at radius 2 is 1.88 bits per heavy atom. The lowest BCUT2D eigenvalue weighted by Crippen LogP contribution is -2.37. The van der Waals surface area contributed by atoms with Gasteiger partial charge in [-0.3, -0.25) is 14.8 Å².